The molecule has 1 atom stereocenters. The lowest BCUT2D eigenvalue weighted by atomic mass is 9.86. The molecule has 1 aromatic rings. The van der Waals surface area contributed by atoms with Crippen molar-refractivity contribution in [2.24, 2.45) is 5.73 Å². The van der Waals surface area contributed by atoms with Gasteiger partial charge in [-0.15, -0.1) is 6.58 Å². The summed E-state index contributed by atoms with van der Waals surface area (Å²) in [6, 6.07) is 3.30. The third-order valence-corrected chi connectivity index (χ3v) is 5.20. The van der Waals surface area contributed by atoms with Gasteiger partial charge in [0, 0.05) is 31.4 Å². The van der Waals surface area contributed by atoms with E-state index in [1.807, 2.05) is 11.0 Å². The molecule has 2 saturated heterocycles. The van der Waals surface area contributed by atoms with Crippen LogP contribution in [0.3, 0.4) is 0 Å². The SMILES string of the molecule is C=CCN1CCCC12CCCN(C(=O)c1cccnc1C(N)=O)C2. The first-order valence-electron chi connectivity index (χ1n) is 8.47. The molecule has 1 spiro atoms. The van der Waals surface area contributed by atoms with Crippen LogP contribution in [0.2, 0.25) is 0 Å². The molecule has 2 amide bonds. The lowest BCUT2D eigenvalue weighted by Gasteiger charge is -2.46. The number of amides is 2. The van der Waals surface area contributed by atoms with Crippen LogP contribution in [0.4, 0.5) is 0 Å². The first kappa shape index (κ1) is 16.6. The number of rotatable bonds is 4. The van der Waals surface area contributed by atoms with E-state index >= 15 is 0 Å². The molecule has 0 aliphatic carbocycles. The normalized spacial score (nSPS) is 24.2. The number of carbonyl (C=O) groups excluding carboxylic acids is 2. The lowest BCUT2D eigenvalue weighted by molar-refractivity contribution is 0.0365. The zero-order valence-corrected chi connectivity index (χ0v) is 13.9. The molecule has 128 valence electrons. The topological polar surface area (TPSA) is 79.5 Å². The van der Waals surface area contributed by atoms with Crippen LogP contribution in [0.15, 0.2) is 31.0 Å². The number of piperidine rings is 1. The van der Waals surface area contributed by atoms with Crippen molar-refractivity contribution in [3.8, 4) is 0 Å². The number of nitrogens with zero attached hydrogens (tertiary/aromatic N) is 3. The molecule has 2 aliphatic rings. The van der Waals surface area contributed by atoms with Gasteiger partial charge in [-0.25, -0.2) is 0 Å². The van der Waals surface area contributed by atoms with Crippen molar-refractivity contribution in [3.05, 3.63) is 42.2 Å². The Balaban J connectivity index is 1.84. The van der Waals surface area contributed by atoms with Crippen LogP contribution in [0, 0.1) is 0 Å². The van der Waals surface area contributed by atoms with Crippen molar-refractivity contribution >= 4 is 11.8 Å². The predicted octanol–water partition coefficient (Wildman–Crippen LogP) is 1.44. The molecule has 3 rings (SSSR count). The summed E-state index contributed by atoms with van der Waals surface area (Å²) in [4.78, 5) is 32.8. The number of carbonyl (C=O) groups is 2. The summed E-state index contributed by atoms with van der Waals surface area (Å²) in [5, 5.41) is 0. The van der Waals surface area contributed by atoms with Gasteiger partial charge in [-0.2, -0.15) is 0 Å². The zero-order valence-electron chi connectivity index (χ0n) is 13.9. The number of primary amides is 1. The minimum atomic E-state index is -0.667. The zero-order chi connectivity index (χ0) is 17.2. The van der Waals surface area contributed by atoms with Crippen LogP contribution < -0.4 is 5.73 Å². The largest absolute Gasteiger partial charge is 0.364 e. The van der Waals surface area contributed by atoms with E-state index in [0.717, 1.165) is 38.8 Å². The maximum atomic E-state index is 13.0. The Kier molecular flexibility index (Phi) is 4.66. The Morgan fingerprint density at radius 3 is 2.79 bits per heavy atom. The van der Waals surface area contributed by atoms with Crippen molar-refractivity contribution in [2.75, 3.05) is 26.2 Å². The van der Waals surface area contributed by atoms with Crippen molar-refractivity contribution in [3.63, 3.8) is 0 Å². The number of hydrogen-bond acceptors (Lipinski definition) is 4. The van der Waals surface area contributed by atoms with E-state index in [-0.39, 0.29) is 17.1 Å². The number of pyridine rings is 1. The fourth-order valence-corrected chi connectivity index (χ4v) is 4.13. The fraction of sp³-hybridized carbons (Fsp3) is 0.500. The van der Waals surface area contributed by atoms with E-state index < -0.39 is 5.91 Å². The Hall–Kier alpha value is -2.21. The van der Waals surface area contributed by atoms with Gasteiger partial charge in [0.15, 0.2) is 0 Å². The second-order valence-corrected chi connectivity index (χ2v) is 6.66. The summed E-state index contributed by atoms with van der Waals surface area (Å²) >= 11 is 0. The van der Waals surface area contributed by atoms with Crippen molar-refractivity contribution in [2.45, 2.75) is 31.2 Å². The lowest BCUT2D eigenvalue weighted by Crippen LogP contribution is -2.57. The highest BCUT2D eigenvalue weighted by molar-refractivity contribution is 6.05. The van der Waals surface area contributed by atoms with Gasteiger partial charge in [0.05, 0.1) is 5.56 Å². The molecule has 0 aromatic carbocycles. The maximum Gasteiger partial charge on any atom is 0.268 e. The average molecular weight is 328 g/mol. The van der Waals surface area contributed by atoms with Crippen LogP contribution in [-0.2, 0) is 0 Å². The highest BCUT2D eigenvalue weighted by Gasteiger charge is 2.44. The number of aromatic nitrogens is 1. The molecule has 1 aromatic heterocycles. The molecule has 0 radical (unpaired) electrons. The quantitative estimate of drug-likeness (QED) is 0.848. The fourth-order valence-electron chi connectivity index (χ4n) is 4.13. The van der Waals surface area contributed by atoms with Gasteiger partial charge in [-0.3, -0.25) is 19.5 Å². The summed E-state index contributed by atoms with van der Waals surface area (Å²) in [6.45, 7) is 7.14. The van der Waals surface area contributed by atoms with Crippen LogP contribution >= 0.6 is 0 Å². The van der Waals surface area contributed by atoms with Crippen molar-refractivity contribution < 1.29 is 9.59 Å². The van der Waals surface area contributed by atoms with Gasteiger partial charge in [-0.05, 0) is 44.4 Å². The standard InChI is InChI=1S/C18H24N4O2/c1-2-10-22-12-5-8-18(22)7-4-11-21(13-18)17(24)14-6-3-9-20-15(14)16(19)23/h2-3,6,9H,1,4-5,7-8,10-13H2,(H2,19,23). The van der Waals surface area contributed by atoms with Crippen LogP contribution in [-0.4, -0.2) is 58.3 Å². The number of likely N-dealkylation sites (tertiary alicyclic amines) is 2. The van der Waals surface area contributed by atoms with E-state index in [0.29, 0.717) is 18.7 Å². The second-order valence-electron chi connectivity index (χ2n) is 6.66. The highest BCUT2D eigenvalue weighted by Crippen LogP contribution is 2.37. The average Bonchev–Trinajstić information content (AvgIpc) is 2.96. The molecule has 3 heterocycles. The van der Waals surface area contributed by atoms with Crippen molar-refractivity contribution in [1.29, 1.82) is 0 Å². The molecule has 6 heteroatoms. The van der Waals surface area contributed by atoms with Crippen molar-refractivity contribution in [1.82, 2.24) is 14.8 Å². The van der Waals surface area contributed by atoms with E-state index in [1.165, 1.54) is 6.20 Å². The second kappa shape index (κ2) is 6.73. The van der Waals surface area contributed by atoms with Crippen LogP contribution in [0.25, 0.3) is 0 Å². The van der Waals surface area contributed by atoms with E-state index in [9.17, 15) is 9.59 Å². The van der Waals surface area contributed by atoms with E-state index in [2.05, 4.69) is 16.5 Å². The smallest absolute Gasteiger partial charge is 0.268 e. The Morgan fingerprint density at radius 1 is 1.33 bits per heavy atom. The van der Waals surface area contributed by atoms with Crippen LogP contribution in [0.1, 0.15) is 46.5 Å². The molecular formula is C18H24N4O2. The monoisotopic (exact) mass is 328 g/mol. The molecule has 2 aliphatic heterocycles. The molecular weight excluding hydrogens is 304 g/mol. The Labute approximate surface area is 142 Å². The molecule has 0 saturated carbocycles. The van der Waals surface area contributed by atoms with E-state index in [1.54, 1.807) is 12.1 Å². The highest BCUT2D eigenvalue weighted by atomic mass is 16.2. The summed E-state index contributed by atoms with van der Waals surface area (Å²) in [6.07, 6.45) is 7.72. The van der Waals surface area contributed by atoms with Gasteiger partial charge in [0.2, 0.25) is 0 Å². The number of nitrogens with two attached hydrogens (primary N) is 1. The third kappa shape index (κ3) is 2.94. The van der Waals surface area contributed by atoms with Gasteiger partial charge >= 0.3 is 0 Å². The predicted molar refractivity (Wildman–Crippen MR) is 91.6 cm³/mol. The Morgan fingerprint density at radius 2 is 2.08 bits per heavy atom. The molecule has 2 fully saturated rings. The summed E-state index contributed by atoms with van der Waals surface area (Å²) in [5.74, 6) is -0.818. The van der Waals surface area contributed by atoms with Crippen LogP contribution in [0.5, 0.6) is 0 Å². The summed E-state index contributed by atoms with van der Waals surface area (Å²) in [7, 11) is 0. The first-order chi connectivity index (χ1) is 11.6. The minimum absolute atomic E-state index is 0.0389. The van der Waals surface area contributed by atoms with Gasteiger partial charge in [-0.1, -0.05) is 6.08 Å². The molecule has 24 heavy (non-hydrogen) atoms. The Bertz CT molecular complexity index is 660. The van der Waals surface area contributed by atoms with Gasteiger partial charge in [0.1, 0.15) is 5.69 Å². The third-order valence-electron chi connectivity index (χ3n) is 5.20. The molecule has 0 bridgehead atoms. The summed E-state index contributed by atoms with van der Waals surface area (Å²) < 4.78 is 0. The minimum Gasteiger partial charge on any atom is -0.364 e. The first-order valence-corrected chi connectivity index (χ1v) is 8.47. The molecule has 1 unspecified atom stereocenters. The van der Waals surface area contributed by atoms with E-state index in [4.69, 9.17) is 5.73 Å². The molecule has 6 nitrogen and oxygen atoms in total. The van der Waals surface area contributed by atoms with Gasteiger partial charge < -0.3 is 10.6 Å². The number of hydrogen-bond donors (Lipinski definition) is 1. The maximum absolute atomic E-state index is 13.0. The van der Waals surface area contributed by atoms with Gasteiger partial charge in [0.25, 0.3) is 11.8 Å². The summed E-state index contributed by atoms with van der Waals surface area (Å²) in [5.41, 5.74) is 5.76. The molecule has 2 N–H and O–H groups in total.